The van der Waals surface area contributed by atoms with Crippen LogP contribution in [-0.4, -0.2) is 55.4 Å². The van der Waals surface area contributed by atoms with Gasteiger partial charge in [-0.15, -0.1) is 0 Å². The maximum Gasteiger partial charge on any atom is 0.410 e. The number of rotatable bonds is 3. The van der Waals surface area contributed by atoms with Crippen molar-refractivity contribution in [3.8, 4) is 0 Å². The summed E-state index contributed by atoms with van der Waals surface area (Å²) in [5, 5.41) is 4.91. The minimum absolute atomic E-state index is 0.143. The van der Waals surface area contributed by atoms with Crippen LogP contribution >= 0.6 is 0 Å². The lowest BCUT2D eigenvalue weighted by molar-refractivity contribution is 0.0210. The smallest absolute Gasteiger partial charge is 0.410 e. The standard InChI is InChI=1S/C20H27N3O4S/c1-20(2,3)27-19(24)23-10-8-15(9-11-23)22-16-7-5-6-14-12-21-13-17(18(14)16)28(4,25)26/h5-7,12-13,15,22H,8-11H2,1-4H3. The molecule has 0 unspecified atom stereocenters. The van der Waals surface area contributed by atoms with Gasteiger partial charge >= 0.3 is 6.09 Å². The van der Waals surface area contributed by atoms with Gasteiger partial charge in [0, 0.05) is 54.2 Å². The fourth-order valence-corrected chi connectivity index (χ4v) is 4.21. The molecule has 0 saturated carbocycles. The van der Waals surface area contributed by atoms with Crippen molar-refractivity contribution in [2.75, 3.05) is 24.7 Å². The number of carbonyl (C=O) groups is 1. The second kappa shape index (κ2) is 7.58. The van der Waals surface area contributed by atoms with Crippen LogP contribution in [0.4, 0.5) is 10.5 Å². The van der Waals surface area contributed by atoms with E-state index < -0.39 is 15.4 Å². The van der Waals surface area contributed by atoms with Gasteiger partial charge in [0.25, 0.3) is 0 Å². The average Bonchev–Trinajstić information content (AvgIpc) is 2.60. The van der Waals surface area contributed by atoms with Crippen LogP contribution in [0.1, 0.15) is 33.6 Å². The summed E-state index contributed by atoms with van der Waals surface area (Å²) in [6, 6.07) is 5.77. The molecule has 1 saturated heterocycles. The average molecular weight is 406 g/mol. The number of aromatic nitrogens is 1. The lowest BCUT2D eigenvalue weighted by Crippen LogP contribution is -2.44. The minimum atomic E-state index is -3.40. The number of ether oxygens (including phenoxy) is 1. The highest BCUT2D eigenvalue weighted by Gasteiger charge is 2.27. The third-order valence-electron chi connectivity index (χ3n) is 4.65. The number of carbonyl (C=O) groups excluding carboxylic acids is 1. The van der Waals surface area contributed by atoms with Gasteiger partial charge < -0.3 is 15.0 Å². The van der Waals surface area contributed by atoms with E-state index in [1.54, 1.807) is 11.1 Å². The van der Waals surface area contributed by atoms with Crippen LogP contribution in [0.5, 0.6) is 0 Å². The summed E-state index contributed by atoms with van der Waals surface area (Å²) in [6.45, 7) is 6.76. The molecular formula is C20H27N3O4S. The number of fused-ring (bicyclic) bond motifs is 1. The molecule has 1 aromatic heterocycles. The number of benzene rings is 1. The SMILES string of the molecule is CC(C)(C)OC(=O)N1CCC(Nc2cccc3cncc(S(C)(=O)=O)c23)CC1. The Morgan fingerprint density at radius 3 is 2.50 bits per heavy atom. The van der Waals surface area contributed by atoms with Crippen LogP contribution in [0.3, 0.4) is 0 Å². The van der Waals surface area contributed by atoms with E-state index in [0.717, 1.165) is 23.9 Å². The summed E-state index contributed by atoms with van der Waals surface area (Å²) in [4.78, 5) is 18.2. The summed E-state index contributed by atoms with van der Waals surface area (Å²) in [5.41, 5.74) is 0.265. The number of pyridine rings is 1. The highest BCUT2D eigenvalue weighted by Crippen LogP contribution is 2.31. The molecule has 8 heteroatoms. The molecule has 0 spiro atoms. The highest BCUT2D eigenvalue weighted by molar-refractivity contribution is 7.91. The molecule has 1 aliphatic heterocycles. The summed E-state index contributed by atoms with van der Waals surface area (Å²) >= 11 is 0. The van der Waals surface area contributed by atoms with Crippen molar-refractivity contribution in [1.82, 2.24) is 9.88 Å². The molecule has 2 aromatic rings. The number of anilines is 1. The quantitative estimate of drug-likeness (QED) is 0.841. The summed E-state index contributed by atoms with van der Waals surface area (Å²) in [6.07, 6.45) is 5.49. The number of likely N-dealkylation sites (tertiary alicyclic amines) is 1. The molecule has 7 nitrogen and oxygen atoms in total. The van der Waals surface area contributed by atoms with Crippen LogP contribution < -0.4 is 5.32 Å². The predicted octanol–water partition coefficient (Wildman–Crippen LogP) is 3.45. The van der Waals surface area contributed by atoms with E-state index >= 15 is 0 Å². The van der Waals surface area contributed by atoms with E-state index in [0.29, 0.717) is 18.5 Å². The van der Waals surface area contributed by atoms with Crippen LogP contribution in [0.15, 0.2) is 35.5 Å². The van der Waals surface area contributed by atoms with Crippen molar-refractivity contribution in [3.05, 3.63) is 30.6 Å². The van der Waals surface area contributed by atoms with Gasteiger partial charge in [-0.3, -0.25) is 4.98 Å². The van der Waals surface area contributed by atoms with Crippen molar-refractivity contribution in [1.29, 1.82) is 0 Å². The lowest BCUT2D eigenvalue weighted by atomic mass is 10.0. The van der Waals surface area contributed by atoms with Gasteiger partial charge in [-0.1, -0.05) is 12.1 Å². The molecule has 28 heavy (non-hydrogen) atoms. The van der Waals surface area contributed by atoms with Crippen molar-refractivity contribution >= 4 is 32.4 Å². The molecule has 2 heterocycles. The first-order valence-corrected chi connectivity index (χ1v) is 11.2. The highest BCUT2D eigenvalue weighted by atomic mass is 32.2. The van der Waals surface area contributed by atoms with Gasteiger partial charge in [-0.05, 0) is 39.7 Å². The first-order chi connectivity index (χ1) is 13.0. The Labute approximate surface area is 166 Å². The fraction of sp³-hybridized carbons (Fsp3) is 0.500. The zero-order valence-electron chi connectivity index (χ0n) is 16.7. The number of hydrogen-bond donors (Lipinski definition) is 1. The van der Waals surface area contributed by atoms with Crippen molar-refractivity contribution in [2.24, 2.45) is 0 Å². The van der Waals surface area contributed by atoms with E-state index in [1.165, 1.54) is 12.5 Å². The summed E-state index contributed by atoms with van der Waals surface area (Å²) < 4.78 is 29.8. The topological polar surface area (TPSA) is 88.6 Å². The Morgan fingerprint density at radius 2 is 1.89 bits per heavy atom. The van der Waals surface area contributed by atoms with Crippen LogP contribution in [0.2, 0.25) is 0 Å². The monoisotopic (exact) mass is 405 g/mol. The second-order valence-electron chi connectivity index (χ2n) is 8.20. The van der Waals surface area contributed by atoms with E-state index in [4.69, 9.17) is 4.74 Å². The van der Waals surface area contributed by atoms with Crippen LogP contribution in [-0.2, 0) is 14.6 Å². The number of piperidine rings is 1. The summed E-state index contributed by atoms with van der Waals surface area (Å²) in [5.74, 6) is 0. The lowest BCUT2D eigenvalue weighted by Gasteiger charge is -2.34. The largest absolute Gasteiger partial charge is 0.444 e. The molecule has 1 aliphatic rings. The predicted molar refractivity (Wildman–Crippen MR) is 109 cm³/mol. The fourth-order valence-electron chi connectivity index (χ4n) is 3.36. The maximum atomic E-state index is 12.2. The van der Waals surface area contributed by atoms with Crippen molar-refractivity contribution < 1.29 is 17.9 Å². The Kier molecular flexibility index (Phi) is 5.52. The van der Waals surface area contributed by atoms with Gasteiger partial charge in [-0.2, -0.15) is 0 Å². The first kappa shape index (κ1) is 20.4. The zero-order valence-corrected chi connectivity index (χ0v) is 17.5. The molecule has 3 rings (SSSR count). The third-order valence-corrected chi connectivity index (χ3v) is 5.76. The minimum Gasteiger partial charge on any atom is -0.444 e. The third kappa shape index (κ3) is 4.73. The van der Waals surface area contributed by atoms with Crippen LogP contribution in [0, 0.1) is 0 Å². The van der Waals surface area contributed by atoms with E-state index in [1.807, 2.05) is 39.0 Å². The normalized spacial score (nSPS) is 16.2. The van der Waals surface area contributed by atoms with E-state index in [2.05, 4.69) is 10.3 Å². The van der Waals surface area contributed by atoms with E-state index in [9.17, 15) is 13.2 Å². The summed E-state index contributed by atoms with van der Waals surface area (Å²) in [7, 11) is -3.40. The molecule has 1 N–H and O–H groups in total. The van der Waals surface area contributed by atoms with Gasteiger partial charge in [0.05, 0.1) is 4.90 Å². The number of nitrogens with zero attached hydrogens (tertiary/aromatic N) is 2. The Hall–Kier alpha value is -2.35. The molecule has 1 aromatic carbocycles. The maximum absolute atomic E-state index is 12.2. The number of amides is 1. The molecule has 1 amide bonds. The Balaban J connectivity index is 1.76. The van der Waals surface area contributed by atoms with Crippen LogP contribution in [0.25, 0.3) is 10.8 Å². The van der Waals surface area contributed by atoms with Gasteiger partial charge in [0.2, 0.25) is 0 Å². The van der Waals surface area contributed by atoms with Gasteiger partial charge in [0.1, 0.15) is 5.60 Å². The zero-order chi connectivity index (χ0) is 20.5. The molecule has 152 valence electrons. The van der Waals surface area contributed by atoms with Crippen molar-refractivity contribution in [3.63, 3.8) is 0 Å². The number of hydrogen-bond acceptors (Lipinski definition) is 6. The Bertz CT molecular complexity index is 969. The molecule has 0 atom stereocenters. The second-order valence-corrected chi connectivity index (χ2v) is 10.2. The Morgan fingerprint density at radius 1 is 1.21 bits per heavy atom. The van der Waals surface area contributed by atoms with Gasteiger partial charge in [-0.25, -0.2) is 13.2 Å². The van der Waals surface area contributed by atoms with Gasteiger partial charge in [0.15, 0.2) is 9.84 Å². The van der Waals surface area contributed by atoms with Crippen molar-refractivity contribution in [2.45, 2.75) is 50.2 Å². The molecular weight excluding hydrogens is 378 g/mol. The number of sulfone groups is 1. The first-order valence-electron chi connectivity index (χ1n) is 9.36. The molecule has 0 aliphatic carbocycles. The number of nitrogens with one attached hydrogen (secondary N) is 1. The molecule has 0 bridgehead atoms. The molecule has 1 fully saturated rings. The molecule has 0 radical (unpaired) electrons. The van der Waals surface area contributed by atoms with E-state index in [-0.39, 0.29) is 17.0 Å².